The molecular formula is C22H28N2O6. The molecule has 0 unspecified atom stereocenters. The third-order valence-electron chi connectivity index (χ3n) is 7.33. The fraction of sp³-hybridized carbons (Fsp3) is 0.636. The zero-order chi connectivity index (χ0) is 21.5. The van der Waals surface area contributed by atoms with Gasteiger partial charge in [0.05, 0.1) is 12.0 Å². The van der Waals surface area contributed by atoms with E-state index in [-0.39, 0.29) is 34.4 Å². The average molecular weight is 416 g/mol. The molecule has 4 aliphatic carbocycles. The molecule has 162 valence electrons. The maximum absolute atomic E-state index is 12.5. The fourth-order valence-electron chi connectivity index (χ4n) is 6.32. The second kappa shape index (κ2) is 7.89. The molecule has 1 aromatic rings. The van der Waals surface area contributed by atoms with E-state index in [2.05, 4.69) is 12.2 Å². The Bertz CT molecular complexity index is 832. The van der Waals surface area contributed by atoms with Crippen molar-refractivity contribution in [3.05, 3.63) is 33.9 Å². The van der Waals surface area contributed by atoms with E-state index in [0.29, 0.717) is 0 Å². The van der Waals surface area contributed by atoms with Crippen LogP contribution in [0.25, 0.3) is 0 Å². The van der Waals surface area contributed by atoms with Gasteiger partial charge < -0.3 is 14.8 Å². The number of nitrogens with one attached hydrogen (secondary N) is 1. The van der Waals surface area contributed by atoms with Gasteiger partial charge in [0, 0.05) is 18.2 Å². The first-order chi connectivity index (χ1) is 14.3. The van der Waals surface area contributed by atoms with Crippen LogP contribution in [0.1, 0.15) is 55.8 Å². The van der Waals surface area contributed by atoms with E-state index in [4.69, 9.17) is 9.47 Å². The van der Waals surface area contributed by atoms with Crippen LogP contribution in [0.2, 0.25) is 0 Å². The summed E-state index contributed by atoms with van der Waals surface area (Å²) in [7, 11) is 1.36. The molecule has 1 amide bonds. The first-order valence-electron chi connectivity index (χ1n) is 10.6. The van der Waals surface area contributed by atoms with Crippen LogP contribution >= 0.6 is 0 Å². The van der Waals surface area contributed by atoms with Crippen molar-refractivity contribution in [2.24, 2.45) is 23.2 Å². The summed E-state index contributed by atoms with van der Waals surface area (Å²) in [6.45, 7) is 1.64. The standard InChI is InChI=1S/C22H28N2O6/c1-13(22-9-14-5-15(10-22)7-16(6-14)11-22)23-20(25)12-30-21(26)18-8-17(24(27)28)3-4-19(18)29-2/h3-4,8,13-16H,5-7,9-12H2,1-2H3,(H,23,25)/t13-,14?,15?,16?,22?/m1/s1. The van der Waals surface area contributed by atoms with E-state index in [1.807, 2.05) is 0 Å². The molecule has 1 aromatic carbocycles. The van der Waals surface area contributed by atoms with Gasteiger partial charge in [-0.25, -0.2) is 4.79 Å². The predicted molar refractivity (Wildman–Crippen MR) is 108 cm³/mol. The molecule has 0 spiro atoms. The lowest BCUT2D eigenvalue weighted by Crippen LogP contribution is -2.56. The molecule has 0 aliphatic heterocycles. The number of carbonyl (C=O) groups is 2. The summed E-state index contributed by atoms with van der Waals surface area (Å²) >= 11 is 0. The van der Waals surface area contributed by atoms with E-state index in [0.717, 1.165) is 23.8 Å². The molecule has 30 heavy (non-hydrogen) atoms. The molecular weight excluding hydrogens is 388 g/mol. The summed E-state index contributed by atoms with van der Waals surface area (Å²) in [4.78, 5) is 35.3. The molecule has 4 fully saturated rings. The number of hydrogen-bond acceptors (Lipinski definition) is 6. The molecule has 4 saturated carbocycles. The van der Waals surface area contributed by atoms with Gasteiger partial charge in [-0.05, 0) is 74.7 Å². The lowest BCUT2D eigenvalue weighted by atomic mass is 9.48. The second-order valence-electron chi connectivity index (χ2n) is 9.29. The zero-order valence-electron chi connectivity index (χ0n) is 17.4. The smallest absolute Gasteiger partial charge is 0.342 e. The highest BCUT2D eigenvalue weighted by molar-refractivity contribution is 5.94. The van der Waals surface area contributed by atoms with E-state index in [9.17, 15) is 19.7 Å². The van der Waals surface area contributed by atoms with Crippen LogP contribution in [0, 0.1) is 33.3 Å². The molecule has 1 atom stereocenters. The number of hydrogen-bond donors (Lipinski definition) is 1. The molecule has 4 bridgehead atoms. The first-order valence-corrected chi connectivity index (χ1v) is 10.6. The van der Waals surface area contributed by atoms with E-state index in [1.54, 1.807) is 0 Å². The van der Waals surface area contributed by atoms with Gasteiger partial charge in [0.15, 0.2) is 6.61 Å². The van der Waals surface area contributed by atoms with Crippen molar-refractivity contribution in [3.63, 3.8) is 0 Å². The number of nitro groups is 1. The number of nitrogens with zero attached hydrogens (tertiary/aromatic N) is 1. The Morgan fingerprint density at radius 2 is 1.80 bits per heavy atom. The monoisotopic (exact) mass is 416 g/mol. The van der Waals surface area contributed by atoms with E-state index < -0.39 is 17.5 Å². The lowest BCUT2D eigenvalue weighted by molar-refractivity contribution is -0.384. The number of nitro benzene ring substituents is 1. The summed E-state index contributed by atoms with van der Waals surface area (Å²) in [6.07, 6.45) is 7.52. The summed E-state index contributed by atoms with van der Waals surface area (Å²) in [5.41, 5.74) is -0.159. The SMILES string of the molecule is COc1ccc([N+](=O)[O-])cc1C(=O)OCC(=O)N[C@H](C)C12CC3CC(CC(C3)C1)C2. The number of methoxy groups -OCH3 is 1. The maximum atomic E-state index is 12.5. The molecule has 8 heteroatoms. The summed E-state index contributed by atoms with van der Waals surface area (Å²) in [6, 6.07) is 3.71. The minimum atomic E-state index is -0.826. The van der Waals surface area contributed by atoms with Crippen LogP contribution in [0.5, 0.6) is 5.75 Å². The maximum Gasteiger partial charge on any atom is 0.342 e. The molecule has 0 saturated heterocycles. The first kappa shape index (κ1) is 20.6. The summed E-state index contributed by atoms with van der Waals surface area (Å²) in [5.74, 6) is 1.34. The molecule has 8 nitrogen and oxygen atoms in total. The van der Waals surface area contributed by atoms with Crippen molar-refractivity contribution in [1.82, 2.24) is 5.32 Å². The van der Waals surface area contributed by atoms with Crippen molar-refractivity contribution in [3.8, 4) is 5.75 Å². The fourth-order valence-corrected chi connectivity index (χ4v) is 6.32. The Morgan fingerprint density at radius 1 is 1.20 bits per heavy atom. The quantitative estimate of drug-likeness (QED) is 0.414. The van der Waals surface area contributed by atoms with Crippen LogP contribution in [0.4, 0.5) is 5.69 Å². The Hall–Kier alpha value is -2.64. The molecule has 0 radical (unpaired) electrons. The lowest BCUT2D eigenvalue weighted by Gasteiger charge is -2.59. The van der Waals surface area contributed by atoms with Gasteiger partial charge in [-0.15, -0.1) is 0 Å². The van der Waals surface area contributed by atoms with Gasteiger partial charge in [0.25, 0.3) is 11.6 Å². The molecule has 4 aliphatic rings. The summed E-state index contributed by atoms with van der Waals surface area (Å²) < 4.78 is 10.2. The molecule has 0 heterocycles. The van der Waals surface area contributed by atoms with Gasteiger partial charge in [-0.1, -0.05) is 0 Å². The van der Waals surface area contributed by atoms with Gasteiger partial charge in [0.1, 0.15) is 11.3 Å². The van der Waals surface area contributed by atoms with Crippen molar-refractivity contribution < 1.29 is 24.0 Å². The number of non-ortho nitro benzene ring substituents is 1. The number of carbonyl (C=O) groups excluding carboxylic acids is 2. The van der Waals surface area contributed by atoms with Crippen molar-refractivity contribution in [2.45, 2.75) is 51.5 Å². The van der Waals surface area contributed by atoms with E-state index >= 15 is 0 Å². The van der Waals surface area contributed by atoms with Crippen LogP contribution in [-0.2, 0) is 9.53 Å². The number of amides is 1. The van der Waals surface area contributed by atoms with Gasteiger partial charge in [-0.3, -0.25) is 14.9 Å². The Labute approximate surface area is 175 Å². The highest BCUT2D eigenvalue weighted by atomic mass is 16.6. The Morgan fingerprint density at radius 3 is 2.33 bits per heavy atom. The molecule has 1 N–H and O–H groups in total. The van der Waals surface area contributed by atoms with Crippen molar-refractivity contribution in [1.29, 1.82) is 0 Å². The Balaban J connectivity index is 1.35. The number of esters is 1. The minimum absolute atomic E-state index is 0.0319. The molecule has 5 rings (SSSR count). The second-order valence-corrected chi connectivity index (χ2v) is 9.29. The zero-order valence-corrected chi connectivity index (χ0v) is 17.4. The average Bonchev–Trinajstić information content (AvgIpc) is 2.70. The third kappa shape index (κ3) is 3.87. The largest absolute Gasteiger partial charge is 0.496 e. The van der Waals surface area contributed by atoms with Crippen LogP contribution in [-0.4, -0.2) is 36.6 Å². The van der Waals surface area contributed by atoms with Crippen molar-refractivity contribution >= 4 is 17.6 Å². The predicted octanol–water partition coefficient (Wildman–Crippen LogP) is 3.48. The van der Waals surface area contributed by atoms with Gasteiger partial charge in [-0.2, -0.15) is 0 Å². The van der Waals surface area contributed by atoms with Crippen LogP contribution < -0.4 is 10.1 Å². The van der Waals surface area contributed by atoms with Gasteiger partial charge in [0.2, 0.25) is 0 Å². The van der Waals surface area contributed by atoms with Crippen LogP contribution in [0.3, 0.4) is 0 Å². The van der Waals surface area contributed by atoms with Crippen LogP contribution in [0.15, 0.2) is 18.2 Å². The van der Waals surface area contributed by atoms with E-state index in [1.165, 1.54) is 57.8 Å². The Kier molecular flexibility index (Phi) is 5.42. The van der Waals surface area contributed by atoms with Crippen molar-refractivity contribution in [2.75, 3.05) is 13.7 Å². The normalized spacial score (nSPS) is 29.9. The van der Waals surface area contributed by atoms with Gasteiger partial charge >= 0.3 is 5.97 Å². The highest BCUT2D eigenvalue weighted by Crippen LogP contribution is 2.61. The highest BCUT2D eigenvalue weighted by Gasteiger charge is 2.53. The molecule has 0 aromatic heterocycles. The number of rotatable bonds is 7. The minimum Gasteiger partial charge on any atom is -0.496 e. The number of benzene rings is 1. The third-order valence-corrected chi connectivity index (χ3v) is 7.33. The number of ether oxygens (including phenoxy) is 2. The summed E-state index contributed by atoms with van der Waals surface area (Å²) in [5, 5.41) is 14.0. The topological polar surface area (TPSA) is 108 Å².